The van der Waals surface area contributed by atoms with Crippen LogP contribution >= 0.6 is 0 Å². The lowest BCUT2D eigenvalue weighted by atomic mass is 9.77. The maximum Gasteiger partial charge on any atom is 0.261 e. The van der Waals surface area contributed by atoms with Gasteiger partial charge in [-0.05, 0) is 50.7 Å². The van der Waals surface area contributed by atoms with Crippen molar-refractivity contribution in [2.24, 2.45) is 5.92 Å². The summed E-state index contributed by atoms with van der Waals surface area (Å²) in [6.07, 6.45) is 9.82. The molecule has 2 aromatic rings. The molecular formula is C19H21N3O2. The predicted octanol–water partition coefficient (Wildman–Crippen LogP) is 3.08. The minimum Gasteiger partial charge on any atom is -0.332 e. The van der Waals surface area contributed by atoms with Crippen LogP contribution < -0.4 is 0 Å². The zero-order valence-corrected chi connectivity index (χ0v) is 13.8. The van der Waals surface area contributed by atoms with E-state index in [-0.39, 0.29) is 17.4 Å². The maximum absolute atomic E-state index is 12.5. The standard InChI is InChI=1S/C19H21N3O2/c1-19(21-11-10-20-13-21)8-6-14(7-9-19)12-22-17(23)15-4-2-3-5-16(15)18(22)24/h2-5,10-11,13-14H,6-9,12H2,1H3. The molecule has 0 atom stereocenters. The number of imidazole rings is 1. The molecule has 1 aromatic heterocycles. The molecule has 1 saturated carbocycles. The molecule has 0 bridgehead atoms. The normalized spacial score (nSPS) is 26.7. The molecule has 24 heavy (non-hydrogen) atoms. The van der Waals surface area contributed by atoms with Crippen molar-refractivity contribution in [3.8, 4) is 0 Å². The number of rotatable bonds is 3. The number of amides is 2. The summed E-state index contributed by atoms with van der Waals surface area (Å²) in [6.45, 7) is 2.79. The second-order valence-corrected chi connectivity index (χ2v) is 7.18. The topological polar surface area (TPSA) is 55.2 Å². The Bertz CT molecular complexity index is 739. The van der Waals surface area contributed by atoms with Crippen molar-refractivity contribution in [2.75, 3.05) is 6.54 Å². The van der Waals surface area contributed by atoms with Gasteiger partial charge in [-0.2, -0.15) is 0 Å². The summed E-state index contributed by atoms with van der Waals surface area (Å²) in [5.41, 5.74) is 1.18. The molecule has 4 rings (SSSR count). The number of carbonyl (C=O) groups is 2. The van der Waals surface area contributed by atoms with Gasteiger partial charge in [0, 0.05) is 24.5 Å². The summed E-state index contributed by atoms with van der Waals surface area (Å²) in [4.78, 5) is 30.6. The van der Waals surface area contributed by atoms with Crippen LogP contribution in [-0.4, -0.2) is 32.8 Å². The third-order valence-corrected chi connectivity index (χ3v) is 5.63. The Morgan fingerprint density at radius 2 is 1.75 bits per heavy atom. The number of imide groups is 1. The van der Waals surface area contributed by atoms with Gasteiger partial charge in [0.05, 0.1) is 17.5 Å². The summed E-state index contributed by atoms with van der Waals surface area (Å²) in [5, 5.41) is 0. The first kappa shape index (κ1) is 15.1. The largest absolute Gasteiger partial charge is 0.332 e. The van der Waals surface area contributed by atoms with Crippen molar-refractivity contribution in [3.63, 3.8) is 0 Å². The lowest BCUT2D eigenvalue weighted by molar-refractivity contribution is 0.0595. The van der Waals surface area contributed by atoms with Gasteiger partial charge in [0.2, 0.25) is 0 Å². The minimum atomic E-state index is -0.140. The quantitative estimate of drug-likeness (QED) is 0.816. The van der Waals surface area contributed by atoms with Crippen LogP contribution in [-0.2, 0) is 5.54 Å². The molecule has 1 fully saturated rings. The first-order chi connectivity index (χ1) is 11.6. The SMILES string of the molecule is CC1(n2ccnc2)CCC(CN2C(=O)c3ccccc3C2=O)CC1. The highest BCUT2D eigenvalue weighted by atomic mass is 16.2. The molecule has 5 heteroatoms. The molecule has 1 aliphatic heterocycles. The number of benzene rings is 1. The van der Waals surface area contributed by atoms with Crippen LogP contribution in [0.2, 0.25) is 0 Å². The van der Waals surface area contributed by atoms with E-state index in [4.69, 9.17) is 0 Å². The molecule has 2 amide bonds. The molecule has 0 unspecified atom stereocenters. The van der Waals surface area contributed by atoms with Gasteiger partial charge in [0.25, 0.3) is 11.8 Å². The number of hydrogen-bond donors (Lipinski definition) is 0. The van der Waals surface area contributed by atoms with E-state index in [0.29, 0.717) is 23.6 Å². The number of hydrogen-bond acceptors (Lipinski definition) is 3. The molecule has 0 N–H and O–H groups in total. The van der Waals surface area contributed by atoms with Crippen LogP contribution in [0.4, 0.5) is 0 Å². The highest BCUT2D eigenvalue weighted by molar-refractivity contribution is 6.21. The predicted molar refractivity (Wildman–Crippen MR) is 89.6 cm³/mol. The van der Waals surface area contributed by atoms with Gasteiger partial charge in [0.1, 0.15) is 0 Å². The average molecular weight is 323 g/mol. The second kappa shape index (κ2) is 5.58. The summed E-state index contributed by atoms with van der Waals surface area (Å²) < 4.78 is 2.19. The summed E-state index contributed by atoms with van der Waals surface area (Å²) in [7, 11) is 0. The van der Waals surface area contributed by atoms with E-state index in [1.54, 1.807) is 12.1 Å². The molecule has 0 radical (unpaired) electrons. The monoisotopic (exact) mass is 323 g/mol. The van der Waals surface area contributed by atoms with Crippen molar-refractivity contribution < 1.29 is 9.59 Å². The van der Waals surface area contributed by atoms with E-state index in [1.165, 1.54) is 4.90 Å². The van der Waals surface area contributed by atoms with Gasteiger partial charge in [0.15, 0.2) is 0 Å². The van der Waals surface area contributed by atoms with Crippen molar-refractivity contribution in [2.45, 2.75) is 38.1 Å². The summed E-state index contributed by atoms with van der Waals surface area (Å²) in [5.74, 6) is 0.0981. The van der Waals surface area contributed by atoms with Gasteiger partial charge in [-0.1, -0.05) is 12.1 Å². The third-order valence-electron chi connectivity index (χ3n) is 5.63. The average Bonchev–Trinajstić information content (AvgIpc) is 3.22. The second-order valence-electron chi connectivity index (χ2n) is 7.18. The highest BCUT2D eigenvalue weighted by Crippen LogP contribution is 2.38. The number of aromatic nitrogens is 2. The molecule has 1 aromatic carbocycles. The third kappa shape index (κ3) is 2.35. The Labute approximate surface area is 141 Å². The lowest BCUT2D eigenvalue weighted by Crippen LogP contribution is -2.39. The van der Waals surface area contributed by atoms with Crippen molar-refractivity contribution in [3.05, 3.63) is 54.1 Å². The van der Waals surface area contributed by atoms with Crippen molar-refractivity contribution in [1.82, 2.24) is 14.5 Å². The molecule has 0 spiro atoms. The zero-order chi connectivity index (χ0) is 16.7. The molecule has 124 valence electrons. The van der Waals surface area contributed by atoms with Crippen LogP contribution in [0.5, 0.6) is 0 Å². The van der Waals surface area contributed by atoms with E-state index in [2.05, 4.69) is 16.5 Å². The smallest absolute Gasteiger partial charge is 0.261 e. The fourth-order valence-electron chi connectivity index (χ4n) is 3.98. The van der Waals surface area contributed by atoms with Crippen molar-refractivity contribution in [1.29, 1.82) is 0 Å². The Morgan fingerprint density at radius 1 is 1.12 bits per heavy atom. The molecule has 2 heterocycles. The maximum atomic E-state index is 12.5. The number of carbonyl (C=O) groups excluding carboxylic acids is 2. The van der Waals surface area contributed by atoms with Gasteiger partial charge >= 0.3 is 0 Å². The molecule has 1 aliphatic carbocycles. The Morgan fingerprint density at radius 3 is 2.29 bits per heavy atom. The molecule has 2 aliphatic rings. The lowest BCUT2D eigenvalue weighted by Gasteiger charge is -2.39. The highest BCUT2D eigenvalue weighted by Gasteiger charge is 2.39. The van der Waals surface area contributed by atoms with Crippen LogP contribution in [0.3, 0.4) is 0 Å². The van der Waals surface area contributed by atoms with E-state index in [9.17, 15) is 9.59 Å². The van der Waals surface area contributed by atoms with Gasteiger partial charge in [-0.25, -0.2) is 4.98 Å². The van der Waals surface area contributed by atoms with E-state index < -0.39 is 0 Å². The minimum absolute atomic E-state index is 0.0923. The fraction of sp³-hybridized carbons (Fsp3) is 0.421. The van der Waals surface area contributed by atoms with E-state index in [1.807, 2.05) is 30.9 Å². The summed E-state index contributed by atoms with van der Waals surface area (Å²) in [6, 6.07) is 7.11. The fourth-order valence-corrected chi connectivity index (χ4v) is 3.98. The number of fused-ring (bicyclic) bond motifs is 1. The van der Waals surface area contributed by atoms with Crippen LogP contribution in [0, 0.1) is 5.92 Å². The first-order valence-corrected chi connectivity index (χ1v) is 8.52. The van der Waals surface area contributed by atoms with E-state index in [0.717, 1.165) is 25.7 Å². The van der Waals surface area contributed by atoms with E-state index >= 15 is 0 Å². The van der Waals surface area contributed by atoms with Crippen molar-refractivity contribution >= 4 is 11.8 Å². The van der Waals surface area contributed by atoms with Crippen LogP contribution in [0.1, 0.15) is 53.3 Å². The number of nitrogens with zero attached hydrogens (tertiary/aromatic N) is 3. The molecular weight excluding hydrogens is 302 g/mol. The molecule has 0 saturated heterocycles. The van der Waals surface area contributed by atoms with Gasteiger partial charge in [-0.3, -0.25) is 14.5 Å². The Balaban J connectivity index is 1.43. The first-order valence-electron chi connectivity index (χ1n) is 8.52. The van der Waals surface area contributed by atoms with Crippen LogP contribution in [0.25, 0.3) is 0 Å². The zero-order valence-electron chi connectivity index (χ0n) is 13.8. The Kier molecular flexibility index (Phi) is 3.52. The van der Waals surface area contributed by atoms with Gasteiger partial charge in [-0.15, -0.1) is 0 Å². The van der Waals surface area contributed by atoms with Gasteiger partial charge < -0.3 is 4.57 Å². The summed E-state index contributed by atoms with van der Waals surface area (Å²) >= 11 is 0. The molecule has 5 nitrogen and oxygen atoms in total. The van der Waals surface area contributed by atoms with Crippen LogP contribution in [0.15, 0.2) is 43.0 Å². The Hall–Kier alpha value is -2.43.